The lowest BCUT2D eigenvalue weighted by Gasteiger charge is -2.07. The van der Waals surface area contributed by atoms with E-state index in [0.29, 0.717) is 19.3 Å². The minimum atomic E-state index is 0.0216. The summed E-state index contributed by atoms with van der Waals surface area (Å²) in [7, 11) is 0. The molecule has 0 fully saturated rings. The smallest absolute Gasteiger partial charge is 0.220 e. The van der Waals surface area contributed by atoms with Crippen molar-refractivity contribution in [1.82, 2.24) is 10.6 Å². The van der Waals surface area contributed by atoms with Gasteiger partial charge in [-0.05, 0) is 26.7 Å². The first kappa shape index (κ1) is 13.9. The molecule has 2 amide bonds. The molecular weight excluding hydrogens is 192 g/mol. The molecule has 0 aromatic carbocycles. The third kappa shape index (κ3) is 9.25. The molecule has 88 valence electrons. The topological polar surface area (TPSA) is 58.2 Å². The fraction of sp³-hybridized carbons (Fsp3) is 0.818. The predicted octanol–water partition coefficient (Wildman–Crippen LogP) is 1.21. The van der Waals surface area contributed by atoms with Gasteiger partial charge < -0.3 is 10.6 Å². The van der Waals surface area contributed by atoms with Gasteiger partial charge in [-0.3, -0.25) is 9.59 Å². The summed E-state index contributed by atoms with van der Waals surface area (Å²) in [6, 6.07) is 0.173. The van der Waals surface area contributed by atoms with Gasteiger partial charge in [-0.15, -0.1) is 0 Å². The third-order valence-electron chi connectivity index (χ3n) is 1.83. The molecule has 4 nitrogen and oxygen atoms in total. The average Bonchev–Trinajstić information content (AvgIpc) is 2.13. The molecule has 0 saturated carbocycles. The Balaban J connectivity index is 3.44. The predicted molar refractivity (Wildman–Crippen MR) is 60.4 cm³/mol. The summed E-state index contributed by atoms with van der Waals surface area (Å²) in [5, 5.41) is 5.57. The maximum atomic E-state index is 11.2. The molecule has 15 heavy (non-hydrogen) atoms. The van der Waals surface area contributed by atoms with Crippen molar-refractivity contribution in [1.29, 1.82) is 0 Å². The molecule has 0 unspecified atom stereocenters. The monoisotopic (exact) mass is 214 g/mol. The van der Waals surface area contributed by atoms with Crippen molar-refractivity contribution in [3.63, 3.8) is 0 Å². The Hall–Kier alpha value is -1.06. The van der Waals surface area contributed by atoms with Gasteiger partial charge in [0.15, 0.2) is 0 Å². The Bertz CT molecular complexity index is 203. The highest BCUT2D eigenvalue weighted by Gasteiger charge is 2.05. The molecule has 0 saturated heterocycles. The fourth-order valence-corrected chi connectivity index (χ4v) is 1.16. The number of amides is 2. The van der Waals surface area contributed by atoms with Gasteiger partial charge in [0.25, 0.3) is 0 Å². The van der Waals surface area contributed by atoms with Gasteiger partial charge in [-0.1, -0.05) is 6.92 Å². The molecular formula is C11H22N2O2. The van der Waals surface area contributed by atoms with Crippen LogP contribution in [0.2, 0.25) is 0 Å². The van der Waals surface area contributed by atoms with Crippen LogP contribution >= 0.6 is 0 Å². The van der Waals surface area contributed by atoms with Crippen LogP contribution < -0.4 is 10.6 Å². The second kappa shape index (κ2) is 8.26. The molecule has 2 N–H and O–H groups in total. The molecule has 0 aliphatic heterocycles. The van der Waals surface area contributed by atoms with E-state index >= 15 is 0 Å². The number of carbonyl (C=O) groups excluding carboxylic acids is 2. The van der Waals surface area contributed by atoms with E-state index in [9.17, 15) is 9.59 Å². The van der Waals surface area contributed by atoms with E-state index in [1.807, 2.05) is 20.8 Å². The molecule has 0 atom stereocenters. The molecule has 0 spiro atoms. The summed E-state index contributed by atoms with van der Waals surface area (Å²) in [6.45, 7) is 6.57. The first-order valence-corrected chi connectivity index (χ1v) is 5.62. The minimum absolute atomic E-state index is 0.0216. The Morgan fingerprint density at radius 1 is 1.13 bits per heavy atom. The molecule has 0 rings (SSSR count). The number of hydrogen-bond acceptors (Lipinski definition) is 2. The van der Waals surface area contributed by atoms with E-state index in [0.717, 1.165) is 13.0 Å². The van der Waals surface area contributed by atoms with Gasteiger partial charge in [-0.25, -0.2) is 0 Å². The van der Waals surface area contributed by atoms with Gasteiger partial charge in [0, 0.05) is 25.4 Å². The van der Waals surface area contributed by atoms with Crippen molar-refractivity contribution in [2.75, 3.05) is 6.54 Å². The van der Waals surface area contributed by atoms with E-state index in [1.165, 1.54) is 0 Å². The Labute approximate surface area is 91.8 Å². The van der Waals surface area contributed by atoms with E-state index in [1.54, 1.807) is 0 Å². The lowest BCUT2D eigenvalue weighted by atomic mass is 10.2. The summed E-state index contributed by atoms with van der Waals surface area (Å²) >= 11 is 0. The van der Waals surface area contributed by atoms with E-state index < -0.39 is 0 Å². The van der Waals surface area contributed by atoms with Gasteiger partial charge in [0.2, 0.25) is 11.8 Å². The minimum Gasteiger partial charge on any atom is -0.356 e. The second-order valence-electron chi connectivity index (χ2n) is 3.93. The van der Waals surface area contributed by atoms with Gasteiger partial charge >= 0.3 is 0 Å². The first-order chi connectivity index (χ1) is 7.06. The van der Waals surface area contributed by atoms with E-state index in [-0.39, 0.29) is 17.9 Å². The standard InChI is InChI=1S/C11H22N2O2/c1-4-8-12-10(14)6-5-7-11(15)13-9(2)3/h9H,4-8H2,1-3H3,(H,12,14)(H,13,15). The third-order valence-corrected chi connectivity index (χ3v) is 1.83. The van der Waals surface area contributed by atoms with Crippen LogP contribution in [-0.2, 0) is 9.59 Å². The summed E-state index contributed by atoms with van der Waals surface area (Å²) in [5.74, 6) is 0.0579. The van der Waals surface area contributed by atoms with Crippen LogP contribution in [0.25, 0.3) is 0 Å². The lowest BCUT2D eigenvalue weighted by Crippen LogP contribution is -2.30. The number of nitrogens with one attached hydrogen (secondary N) is 2. The van der Waals surface area contributed by atoms with Crippen molar-refractivity contribution in [2.45, 2.75) is 52.5 Å². The average molecular weight is 214 g/mol. The van der Waals surface area contributed by atoms with Crippen LogP contribution in [0.3, 0.4) is 0 Å². The highest BCUT2D eigenvalue weighted by atomic mass is 16.2. The summed E-state index contributed by atoms with van der Waals surface area (Å²) in [6.07, 6.45) is 2.43. The van der Waals surface area contributed by atoms with Crippen molar-refractivity contribution < 1.29 is 9.59 Å². The Morgan fingerprint density at radius 3 is 2.27 bits per heavy atom. The maximum Gasteiger partial charge on any atom is 0.220 e. The van der Waals surface area contributed by atoms with Gasteiger partial charge in [0.1, 0.15) is 0 Å². The highest BCUT2D eigenvalue weighted by molar-refractivity contribution is 5.78. The number of hydrogen-bond donors (Lipinski definition) is 2. The molecule has 0 aromatic rings. The fourth-order valence-electron chi connectivity index (χ4n) is 1.16. The van der Waals surface area contributed by atoms with Crippen LogP contribution in [-0.4, -0.2) is 24.4 Å². The number of carbonyl (C=O) groups is 2. The zero-order valence-electron chi connectivity index (χ0n) is 9.93. The molecule has 4 heteroatoms. The normalized spacial score (nSPS) is 10.1. The highest BCUT2D eigenvalue weighted by Crippen LogP contribution is 1.96. The number of rotatable bonds is 7. The molecule has 0 aliphatic carbocycles. The lowest BCUT2D eigenvalue weighted by molar-refractivity contribution is -0.122. The first-order valence-electron chi connectivity index (χ1n) is 5.62. The zero-order valence-corrected chi connectivity index (χ0v) is 9.93. The van der Waals surface area contributed by atoms with Crippen molar-refractivity contribution in [3.05, 3.63) is 0 Å². The summed E-state index contributed by atoms with van der Waals surface area (Å²) < 4.78 is 0. The van der Waals surface area contributed by atoms with Crippen LogP contribution in [0.5, 0.6) is 0 Å². The van der Waals surface area contributed by atoms with Crippen LogP contribution in [0, 0.1) is 0 Å². The van der Waals surface area contributed by atoms with Crippen molar-refractivity contribution in [2.24, 2.45) is 0 Å². The molecule has 0 heterocycles. The SMILES string of the molecule is CCCNC(=O)CCCC(=O)NC(C)C. The van der Waals surface area contributed by atoms with E-state index in [4.69, 9.17) is 0 Å². The van der Waals surface area contributed by atoms with Gasteiger partial charge in [-0.2, -0.15) is 0 Å². The zero-order chi connectivity index (χ0) is 11.7. The second-order valence-corrected chi connectivity index (χ2v) is 3.93. The molecule has 0 aliphatic rings. The quantitative estimate of drug-likeness (QED) is 0.669. The Morgan fingerprint density at radius 2 is 1.73 bits per heavy atom. The van der Waals surface area contributed by atoms with Crippen molar-refractivity contribution in [3.8, 4) is 0 Å². The molecule has 0 radical (unpaired) electrons. The van der Waals surface area contributed by atoms with Crippen LogP contribution in [0.15, 0.2) is 0 Å². The van der Waals surface area contributed by atoms with Crippen LogP contribution in [0.4, 0.5) is 0 Å². The van der Waals surface area contributed by atoms with Gasteiger partial charge in [0.05, 0.1) is 0 Å². The summed E-state index contributed by atoms with van der Waals surface area (Å²) in [5.41, 5.74) is 0. The summed E-state index contributed by atoms with van der Waals surface area (Å²) in [4.78, 5) is 22.4. The Kier molecular flexibility index (Phi) is 7.68. The maximum absolute atomic E-state index is 11.2. The molecule has 0 bridgehead atoms. The van der Waals surface area contributed by atoms with E-state index in [2.05, 4.69) is 10.6 Å². The van der Waals surface area contributed by atoms with Crippen LogP contribution in [0.1, 0.15) is 46.5 Å². The largest absolute Gasteiger partial charge is 0.356 e. The molecule has 0 aromatic heterocycles. The van der Waals surface area contributed by atoms with Crippen molar-refractivity contribution >= 4 is 11.8 Å².